The average Bonchev–Trinajstić information content (AvgIpc) is 2.28. The molecule has 0 saturated carbocycles. The van der Waals surface area contributed by atoms with Crippen LogP contribution >= 0.6 is 0 Å². The van der Waals surface area contributed by atoms with Crippen molar-refractivity contribution in [3.05, 3.63) is 20.8 Å². The Labute approximate surface area is 130 Å². The second kappa shape index (κ2) is 44.0. The topological polar surface area (TPSA) is 40.1 Å². The molecule has 3 heteroatoms. The van der Waals surface area contributed by atoms with E-state index in [-0.39, 0.29) is 27.3 Å². The van der Waals surface area contributed by atoms with Gasteiger partial charge >= 0.3 is 0 Å². The number of carboxylic acid groups (broad SMARTS) is 1. The van der Waals surface area contributed by atoms with Gasteiger partial charge in [0.1, 0.15) is 0 Å². The van der Waals surface area contributed by atoms with Gasteiger partial charge in [0.05, 0.1) is 0 Å². The molecule has 0 aliphatic heterocycles. The molecule has 0 aromatic carbocycles. The zero-order chi connectivity index (χ0) is 13.8. The Kier molecular flexibility index (Phi) is 78.8. The number of unbranched alkanes of at least 4 members (excludes halogenated alkanes) is 3. The molecule has 0 saturated heterocycles. The van der Waals surface area contributed by atoms with Crippen molar-refractivity contribution in [3.8, 4) is 0 Å². The van der Waals surface area contributed by atoms with Gasteiger partial charge in [-0.3, -0.25) is 0 Å². The van der Waals surface area contributed by atoms with Crippen LogP contribution in [0.4, 0.5) is 0 Å². The molecular weight excluding hydrogens is 407 g/mol. The fraction of sp³-hybridized carbons (Fsp3) is 0.714. The van der Waals surface area contributed by atoms with E-state index in [1.807, 2.05) is 0 Å². The van der Waals surface area contributed by atoms with Crippen LogP contribution in [0.5, 0.6) is 0 Å². The summed E-state index contributed by atoms with van der Waals surface area (Å²) in [5.74, 6) is -1.08. The number of rotatable bonds is 3. The molecule has 0 amide bonds. The van der Waals surface area contributed by atoms with Crippen LogP contribution in [0.2, 0.25) is 0 Å². The van der Waals surface area contributed by atoms with Crippen molar-refractivity contribution < 1.29 is 9.90 Å². The van der Waals surface area contributed by atoms with Gasteiger partial charge in [0.2, 0.25) is 0 Å². The van der Waals surface area contributed by atoms with Gasteiger partial charge < -0.3 is 9.90 Å². The maximum atomic E-state index is 8.89. The molecule has 0 spiro atoms. The first-order valence-electron chi connectivity index (χ1n) is 6.03. The molecule has 17 heavy (non-hydrogen) atoms. The van der Waals surface area contributed by atoms with E-state index in [4.69, 9.17) is 9.90 Å². The number of hydrogen-bond donors (Lipinski definition) is 0. The fourth-order valence-corrected chi connectivity index (χ4v) is 0. The summed E-state index contributed by atoms with van der Waals surface area (Å²) in [6.45, 7) is 18.1. The van der Waals surface area contributed by atoms with Gasteiger partial charge in [0, 0.05) is 33.3 Å². The number of carboxylic acids is 1. The first kappa shape index (κ1) is 30.4. The van der Waals surface area contributed by atoms with Gasteiger partial charge in [-0.15, -0.1) is 0 Å². The van der Waals surface area contributed by atoms with Crippen LogP contribution in [-0.4, -0.2) is 33.3 Å². The molecule has 0 aliphatic carbocycles. The minimum atomic E-state index is -1.08. The molecule has 0 aromatic rings. The molecule has 0 heterocycles. The smallest absolute Gasteiger partial charge is 0.0383 e. The van der Waals surface area contributed by atoms with Crippen molar-refractivity contribution in [1.82, 2.24) is 0 Å². The summed E-state index contributed by atoms with van der Waals surface area (Å²) in [6.07, 6.45) is 6.83. The predicted octanol–water partition coefficient (Wildman–Crippen LogP) is 3.24. The minimum absolute atomic E-state index is 0. The molecule has 0 rings (SSSR count). The van der Waals surface area contributed by atoms with Crippen molar-refractivity contribution in [3.63, 3.8) is 0 Å². The van der Waals surface area contributed by atoms with Crippen LogP contribution in [0.1, 0.15) is 66.2 Å². The summed E-state index contributed by atoms with van der Waals surface area (Å²) in [5, 5.41) is 8.89. The zero-order valence-electron chi connectivity index (χ0n) is 12.2. The Morgan fingerprint density at radius 1 is 0.882 bits per heavy atom. The van der Waals surface area contributed by atoms with E-state index in [1.165, 1.54) is 19.3 Å². The van der Waals surface area contributed by atoms with Crippen LogP contribution in [0.25, 0.3) is 0 Å². The first-order valence-corrected chi connectivity index (χ1v) is 6.03. The predicted molar refractivity (Wildman–Crippen MR) is 77.2 cm³/mol. The van der Waals surface area contributed by atoms with Crippen LogP contribution < -0.4 is 5.11 Å². The molecule has 0 aliphatic rings. The summed E-state index contributed by atoms with van der Waals surface area (Å²) < 4.78 is 0. The summed E-state index contributed by atoms with van der Waals surface area (Å²) >= 11 is 0. The zero-order valence-corrected chi connectivity index (χ0v) is 16.1. The van der Waals surface area contributed by atoms with Crippen LogP contribution in [0.3, 0.4) is 0 Å². The SMILES string of the molecule is CC(=O)[O-].[CH2]CCC.[CH2]CCC.[CH2]CCC.[Pb]. The Balaban J connectivity index is -0.0000000369. The molecule has 0 N–H and O–H groups in total. The Hall–Kier alpha value is 0.392. The third kappa shape index (κ3) is 295. The second-order valence-corrected chi connectivity index (χ2v) is 3.05. The Morgan fingerprint density at radius 3 is 0.941 bits per heavy atom. The summed E-state index contributed by atoms with van der Waals surface area (Å²) in [5.41, 5.74) is 0. The van der Waals surface area contributed by atoms with Crippen molar-refractivity contribution >= 4 is 33.3 Å². The van der Waals surface area contributed by atoms with Gasteiger partial charge in [-0.2, -0.15) is 0 Å². The van der Waals surface area contributed by atoms with Gasteiger partial charge in [-0.05, 0) is 6.92 Å². The maximum Gasteiger partial charge on any atom is 0.0383 e. The molecule has 7 radical (unpaired) electrons. The molecule has 103 valence electrons. The molecular formula is C14H30O2Pb-. The minimum Gasteiger partial charge on any atom is -0.550 e. The summed E-state index contributed by atoms with van der Waals surface area (Å²) in [7, 11) is 0. The first-order chi connectivity index (χ1) is 7.47. The van der Waals surface area contributed by atoms with Gasteiger partial charge in [0.25, 0.3) is 0 Å². The number of hydrogen-bond acceptors (Lipinski definition) is 2. The van der Waals surface area contributed by atoms with Gasteiger partial charge in [-0.25, -0.2) is 0 Å². The van der Waals surface area contributed by atoms with E-state index >= 15 is 0 Å². The van der Waals surface area contributed by atoms with Crippen molar-refractivity contribution in [2.75, 3.05) is 0 Å². The van der Waals surface area contributed by atoms with Crippen LogP contribution in [0.15, 0.2) is 0 Å². The van der Waals surface area contributed by atoms with Crippen molar-refractivity contribution in [1.29, 1.82) is 0 Å². The Morgan fingerprint density at radius 2 is 0.941 bits per heavy atom. The van der Waals surface area contributed by atoms with Gasteiger partial charge in [0.15, 0.2) is 0 Å². The van der Waals surface area contributed by atoms with Crippen LogP contribution in [0, 0.1) is 20.8 Å². The van der Waals surface area contributed by atoms with E-state index in [0.717, 1.165) is 26.2 Å². The van der Waals surface area contributed by atoms with E-state index in [1.54, 1.807) is 0 Å². The van der Waals surface area contributed by atoms with E-state index in [0.29, 0.717) is 0 Å². The third-order valence-electron chi connectivity index (χ3n) is 1.06. The van der Waals surface area contributed by atoms with Crippen molar-refractivity contribution in [2.45, 2.75) is 66.2 Å². The van der Waals surface area contributed by atoms with E-state index in [2.05, 4.69) is 41.5 Å². The van der Waals surface area contributed by atoms with E-state index in [9.17, 15) is 0 Å². The van der Waals surface area contributed by atoms with Crippen LogP contribution in [-0.2, 0) is 4.79 Å². The van der Waals surface area contributed by atoms with E-state index < -0.39 is 5.97 Å². The molecule has 2 nitrogen and oxygen atoms in total. The van der Waals surface area contributed by atoms with Crippen molar-refractivity contribution in [2.24, 2.45) is 0 Å². The molecule has 0 fully saturated rings. The summed E-state index contributed by atoms with van der Waals surface area (Å²) in [6, 6.07) is 0. The second-order valence-electron chi connectivity index (χ2n) is 3.05. The standard InChI is InChI=1S/3C4H9.C2H4O2.Pb/c3*1-3-4-2;1-2(3)4;/h3*1,3-4H2,2H3;1H3,(H,3,4);/p-1. The maximum absolute atomic E-state index is 8.89. The Bertz CT molecular complexity index is 76.7. The molecule has 0 bridgehead atoms. The largest absolute Gasteiger partial charge is 0.550 e. The third-order valence-corrected chi connectivity index (χ3v) is 1.06. The molecule has 0 aromatic heterocycles. The normalized spacial score (nSPS) is 6.76. The fourth-order valence-electron chi connectivity index (χ4n) is 0. The molecule has 0 atom stereocenters. The van der Waals surface area contributed by atoms with Gasteiger partial charge in [-0.1, -0.05) is 80.1 Å². The number of carbonyl (C=O) groups excluding carboxylic acids is 1. The number of aliphatic carboxylic acids is 1. The number of carbonyl (C=O) groups is 1. The monoisotopic (exact) mass is 438 g/mol. The molecule has 0 unspecified atom stereocenters. The summed E-state index contributed by atoms with van der Waals surface area (Å²) in [4.78, 5) is 8.89. The average molecular weight is 438 g/mol. The quantitative estimate of drug-likeness (QED) is 0.636.